The highest BCUT2D eigenvalue weighted by molar-refractivity contribution is 7.47. The van der Waals surface area contributed by atoms with Crippen LogP contribution in [-0.2, 0) is 65.4 Å². The fraction of sp³-hybridized carbons (Fsp3) is 0.948. The van der Waals surface area contributed by atoms with Crippen molar-refractivity contribution < 1.29 is 80.2 Å². The lowest BCUT2D eigenvalue weighted by atomic mass is 9.99. The molecule has 0 aromatic rings. The summed E-state index contributed by atoms with van der Waals surface area (Å²) in [6.45, 7) is 11.9. The first kappa shape index (κ1) is 94.1. The maximum absolute atomic E-state index is 13.1. The Morgan fingerprint density at radius 3 is 0.792 bits per heavy atom. The van der Waals surface area contributed by atoms with Gasteiger partial charge >= 0.3 is 39.5 Å². The normalized spacial score (nSPS) is 14.3. The van der Waals surface area contributed by atoms with E-state index in [0.717, 1.165) is 108 Å². The Kier molecular flexibility index (Phi) is 66.2. The summed E-state index contributed by atoms with van der Waals surface area (Å²) in [5.74, 6) is 0.252. The molecule has 570 valence electrons. The van der Waals surface area contributed by atoms with Crippen LogP contribution in [0.2, 0.25) is 0 Å². The summed E-state index contributed by atoms with van der Waals surface area (Å²) in [5.41, 5.74) is 0. The van der Waals surface area contributed by atoms with E-state index < -0.39 is 97.5 Å². The van der Waals surface area contributed by atoms with Gasteiger partial charge in [0.2, 0.25) is 0 Å². The number of aliphatic hydroxyl groups is 1. The molecule has 0 bridgehead atoms. The summed E-state index contributed by atoms with van der Waals surface area (Å²) in [7, 11) is -9.91. The minimum atomic E-state index is -4.96. The molecule has 0 amide bonds. The van der Waals surface area contributed by atoms with Gasteiger partial charge in [0.1, 0.15) is 19.3 Å². The Labute approximate surface area is 588 Å². The summed E-state index contributed by atoms with van der Waals surface area (Å²) in [4.78, 5) is 72.8. The van der Waals surface area contributed by atoms with E-state index in [1.54, 1.807) is 0 Å². The number of ether oxygens (including phenoxy) is 4. The molecule has 19 heteroatoms. The molecule has 3 N–H and O–H groups in total. The van der Waals surface area contributed by atoms with Crippen molar-refractivity contribution in [3.8, 4) is 0 Å². The molecule has 0 spiro atoms. The van der Waals surface area contributed by atoms with Gasteiger partial charge in [-0.2, -0.15) is 0 Å². The fourth-order valence-corrected chi connectivity index (χ4v) is 13.3. The van der Waals surface area contributed by atoms with Crippen LogP contribution in [0.4, 0.5) is 0 Å². The average molecular weight is 1410 g/mol. The number of phosphoric ester groups is 2. The van der Waals surface area contributed by atoms with E-state index >= 15 is 0 Å². The number of unbranched alkanes of at least 4 members (excludes halogenated alkanes) is 42. The third-order valence-electron chi connectivity index (χ3n) is 18.2. The molecule has 0 radical (unpaired) electrons. The van der Waals surface area contributed by atoms with Gasteiger partial charge in [0.05, 0.1) is 26.4 Å². The predicted octanol–water partition coefficient (Wildman–Crippen LogP) is 22.6. The molecule has 0 rings (SSSR count). The van der Waals surface area contributed by atoms with Crippen LogP contribution in [0.1, 0.15) is 395 Å². The summed E-state index contributed by atoms with van der Waals surface area (Å²) >= 11 is 0. The first-order valence-corrected chi connectivity index (χ1v) is 42.9. The molecule has 0 saturated heterocycles. The number of carbonyl (C=O) groups excluding carboxylic acids is 4. The molecule has 96 heavy (non-hydrogen) atoms. The van der Waals surface area contributed by atoms with E-state index in [4.69, 9.17) is 37.0 Å². The average Bonchev–Trinajstić information content (AvgIpc) is 1.07. The fourth-order valence-electron chi connectivity index (χ4n) is 11.7. The molecule has 0 aliphatic rings. The number of carbonyl (C=O) groups is 4. The summed E-state index contributed by atoms with van der Waals surface area (Å²) in [6, 6.07) is 0. The Bertz CT molecular complexity index is 1870. The van der Waals surface area contributed by atoms with Gasteiger partial charge in [0, 0.05) is 25.7 Å². The zero-order valence-corrected chi connectivity index (χ0v) is 64.6. The van der Waals surface area contributed by atoms with Crippen molar-refractivity contribution in [1.82, 2.24) is 0 Å². The third-order valence-corrected chi connectivity index (χ3v) is 20.1. The van der Waals surface area contributed by atoms with Crippen LogP contribution in [0.3, 0.4) is 0 Å². The van der Waals surface area contributed by atoms with E-state index in [1.807, 2.05) is 0 Å². The number of phosphoric acid groups is 2. The van der Waals surface area contributed by atoms with Crippen molar-refractivity contribution in [2.45, 2.75) is 414 Å². The summed E-state index contributed by atoms with van der Waals surface area (Å²) in [5, 5.41) is 10.6. The number of rotatable bonds is 75. The van der Waals surface area contributed by atoms with Gasteiger partial charge in [-0.15, -0.1) is 0 Å². The molecule has 6 atom stereocenters. The van der Waals surface area contributed by atoms with Gasteiger partial charge in [0.25, 0.3) is 0 Å². The highest BCUT2D eigenvalue weighted by Crippen LogP contribution is 2.45. The third kappa shape index (κ3) is 69.2. The second-order valence-electron chi connectivity index (χ2n) is 28.9. The van der Waals surface area contributed by atoms with Crippen molar-refractivity contribution in [3.63, 3.8) is 0 Å². The molecule has 0 fully saturated rings. The van der Waals surface area contributed by atoms with Gasteiger partial charge in [-0.1, -0.05) is 344 Å². The lowest BCUT2D eigenvalue weighted by molar-refractivity contribution is -0.161. The van der Waals surface area contributed by atoms with Crippen LogP contribution in [0.25, 0.3) is 0 Å². The Morgan fingerprint density at radius 2 is 0.531 bits per heavy atom. The number of esters is 4. The SMILES string of the molecule is CCCCCCCCCCCC(=O)OC[C@H](COP(=O)(O)OC[C@H](O)COP(=O)(O)OC[C@@H](COC(=O)CCCCCCCCCCCCCCCC(C)C)OC(=O)CCCCCCCCCCCCCCCCCCC(C)C)OC(=O)CCCCCCCCCCC(C)CC. The van der Waals surface area contributed by atoms with Crippen molar-refractivity contribution in [2.75, 3.05) is 39.6 Å². The highest BCUT2D eigenvalue weighted by Gasteiger charge is 2.30. The second-order valence-corrected chi connectivity index (χ2v) is 31.8. The van der Waals surface area contributed by atoms with E-state index in [-0.39, 0.29) is 25.7 Å². The lowest BCUT2D eigenvalue weighted by Gasteiger charge is -2.21. The minimum Gasteiger partial charge on any atom is -0.462 e. The molecule has 0 aliphatic carbocycles. The van der Waals surface area contributed by atoms with Crippen LogP contribution < -0.4 is 0 Å². The molecule has 0 saturated carbocycles. The molecule has 0 aromatic heterocycles. The summed E-state index contributed by atoms with van der Waals surface area (Å²) in [6.07, 6.45) is 54.1. The zero-order valence-electron chi connectivity index (χ0n) is 62.8. The van der Waals surface area contributed by atoms with E-state index in [0.29, 0.717) is 25.7 Å². The second kappa shape index (κ2) is 67.5. The quantitative estimate of drug-likeness (QED) is 0.0222. The van der Waals surface area contributed by atoms with E-state index in [1.165, 1.54) is 205 Å². The van der Waals surface area contributed by atoms with Crippen molar-refractivity contribution in [1.29, 1.82) is 0 Å². The zero-order chi connectivity index (χ0) is 70.9. The topological polar surface area (TPSA) is 237 Å². The predicted molar refractivity (Wildman–Crippen MR) is 391 cm³/mol. The molecular formula is C77H150O17P2. The molecular weight excluding hydrogens is 1260 g/mol. The smallest absolute Gasteiger partial charge is 0.462 e. The van der Waals surface area contributed by atoms with Gasteiger partial charge in [0.15, 0.2) is 12.2 Å². The molecule has 3 unspecified atom stereocenters. The first-order chi connectivity index (χ1) is 46.3. The largest absolute Gasteiger partial charge is 0.472 e. The van der Waals surface area contributed by atoms with Crippen LogP contribution in [0.15, 0.2) is 0 Å². The van der Waals surface area contributed by atoms with Crippen molar-refractivity contribution in [2.24, 2.45) is 17.8 Å². The summed E-state index contributed by atoms with van der Waals surface area (Å²) < 4.78 is 68.5. The number of aliphatic hydroxyl groups excluding tert-OH is 1. The number of hydrogen-bond acceptors (Lipinski definition) is 15. The standard InChI is InChI=1S/C77H150O17P2/c1-8-10-11-12-13-27-37-44-51-58-74(79)87-64-73(94-77(82)61-54-47-40-33-32-36-43-50-57-70(7)9-2)67-92-96(85,86)90-63-71(78)62-89-95(83,84)91-66-72(65-88-75(80)59-52-45-38-30-25-22-18-20-24-29-35-42-49-56-69(5)6)93-76(81)60-53-46-39-31-26-21-17-15-14-16-19-23-28-34-41-48-55-68(3)4/h68-73,78H,8-67H2,1-7H3,(H,83,84)(H,85,86)/t70?,71-,72-,73-/m1/s1. The number of hydrogen-bond donors (Lipinski definition) is 3. The van der Waals surface area contributed by atoms with Gasteiger partial charge in [-0.25, -0.2) is 9.13 Å². The van der Waals surface area contributed by atoms with E-state index in [2.05, 4.69) is 48.5 Å². The van der Waals surface area contributed by atoms with Crippen molar-refractivity contribution in [3.05, 3.63) is 0 Å². The Morgan fingerprint density at radius 1 is 0.302 bits per heavy atom. The molecule has 0 aliphatic heterocycles. The van der Waals surface area contributed by atoms with Crippen LogP contribution in [-0.4, -0.2) is 96.7 Å². The Balaban J connectivity index is 5.23. The Hall–Kier alpha value is -1.94. The van der Waals surface area contributed by atoms with Gasteiger partial charge in [-0.3, -0.25) is 37.3 Å². The molecule has 17 nitrogen and oxygen atoms in total. The van der Waals surface area contributed by atoms with Crippen molar-refractivity contribution >= 4 is 39.5 Å². The van der Waals surface area contributed by atoms with Crippen LogP contribution in [0, 0.1) is 17.8 Å². The van der Waals surface area contributed by atoms with Gasteiger partial charge < -0.3 is 33.8 Å². The first-order valence-electron chi connectivity index (χ1n) is 39.9. The van der Waals surface area contributed by atoms with Crippen LogP contribution >= 0.6 is 15.6 Å². The lowest BCUT2D eigenvalue weighted by Crippen LogP contribution is -2.30. The maximum atomic E-state index is 13.1. The van der Waals surface area contributed by atoms with E-state index in [9.17, 15) is 43.2 Å². The maximum Gasteiger partial charge on any atom is 0.472 e. The monoisotopic (exact) mass is 1410 g/mol. The van der Waals surface area contributed by atoms with Crippen LogP contribution in [0.5, 0.6) is 0 Å². The molecule has 0 aromatic carbocycles. The molecule has 0 heterocycles. The minimum absolute atomic E-state index is 0.105. The van der Waals surface area contributed by atoms with Gasteiger partial charge in [-0.05, 0) is 43.4 Å². The highest BCUT2D eigenvalue weighted by atomic mass is 31.2.